The Hall–Kier alpha value is -4.87. The summed E-state index contributed by atoms with van der Waals surface area (Å²) in [5.74, 6) is -0.441. The van der Waals surface area contributed by atoms with Gasteiger partial charge in [-0.05, 0) is 65.4 Å². The van der Waals surface area contributed by atoms with Crippen LogP contribution in [-0.4, -0.2) is 50.2 Å². The average molecular weight is 675 g/mol. The van der Waals surface area contributed by atoms with E-state index in [1.807, 2.05) is 0 Å². The molecule has 0 radical (unpaired) electrons. The number of hydrogen-bond donors (Lipinski definition) is 1. The standard InChI is InChI=1S/C35H31ClN2O8S/c1-43-29-15-24-27(39)16-25(23-14-28(40)30(47-4)11-10-21(23)31(24)33(45-3)32(29)44-2)38-34(41)22-9-6-12-37-26(22)18-46-35(42)20-8-5-7-19(13-20)17-36/h5-15,25H,16-18H2,1-4H3,(H,38,41)/t25-/m0/s1. The zero-order chi connectivity index (χ0) is 33.7. The number of Topliss-reactive ketones (excluding diaryl/α,β-unsaturated/α-hetero) is 1. The number of esters is 1. The summed E-state index contributed by atoms with van der Waals surface area (Å²) in [7, 11) is 4.37. The number of aromatic nitrogens is 1. The van der Waals surface area contributed by atoms with Crippen molar-refractivity contribution in [2.24, 2.45) is 0 Å². The van der Waals surface area contributed by atoms with Crippen LogP contribution in [-0.2, 0) is 17.2 Å². The van der Waals surface area contributed by atoms with Gasteiger partial charge in [0.25, 0.3) is 5.91 Å². The number of benzene rings is 2. The number of hydrogen-bond acceptors (Lipinski definition) is 10. The largest absolute Gasteiger partial charge is 0.493 e. The zero-order valence-electron chi connectivity index (χ0n) is 26.0. The van der Waals surface area contributed by atoms with Crippen LogP contribution in [0.2, 0.25) is 0 Å². The molecule has 0 unspecified atom stereocenters. The molecule has 47 heavy (non-hydrogen) atoms. The lowest BCUT2D eigenvalue weighted by molar-refractivity contribution is 0.0464. The van der Waals surface area contributed by atoms with Gasteiger partial charge in [-0.3, -0.25) is 19.4 Å². The van der Waals surface area contributed by atoms with Crippen LogP contribution in [0.5, 0.6) is 17.2 Å². The summed E-state index contributed by atoms with van der Waals surface area (Å²) < 4.78 is 22.4. The number of carbonyl (C=O) groups excluding carboxylic acids is 3. The number of nitrogens with zero attached hydrogens (tertiary/aromatic N) is 1. The number of thioether (sulfide) groups is 1. The topological polar surface area (TPSA) is 130 Å². The molecule has 0 fully saturated rings. The van der Waals surface area contributed by atoms with Crippen LogP contribution in [0.4, 0.5) is 0 Å². The molecule has 0 aliphatic heterocycles. The average Bonchev–Trinajstić information content (AvgIpc) is 3.32. The molecule has 1 heterocycles. The molecule has 1 aliphatic rings. The molecule has 3 aromatic carbocycles. The molecule has 0 spiro atoms. The normalized spacial score (nSPS) is 13.5. The summed E-state index contributed by atoms with van der Waals surface area (Å²) in [6.45, 7) is -0.285. The van der Waals surface area contributed by atoms with E-state index >= 15 is 0 Å². The Labute approximate surface area is 280 Å². The number of methoxy groups -OCH3 is 3. The zero-order valence-corrected chi connectivity index (χ0v) is 27.6. The van der Waals surface area contributed by atoms with Crippen LogP contribution >= 0.6 is 23.4 Å². The van der Waals surface area contributed by atoms with E-state index in [9.17, 15) is 19.2 Å². The summed E-state index contributed by atoms with van der Waals surface area (Å²) in [6, 6.07) is 15.4. The van der Waals surface area contributed by atoms with Crippen molar-refractivity contribution in [3.05, 3.63) is 111 Å². The fourth-order valence-corrected chi connectivity index (χ4v) is 6.11. The molecule has 1 N–H and O–H groups in total. The molecular weight excluding hydrogens is 644 g/mol. The predicted octanol–water partition coefficient (Wildman–Crippen LogP) is 6.01. The first-order valence-corrected chi connectivity index (χ1v) is 16.2. The number of pyridine rings is 1. The van der Waals surface area contributed by atoms with E-state index in [1.165, 1.54) is 45.4 Å². The molecule has 4 aromatic rings. The van der Waals surface area contributed by atoms with E-state index in [2.05, 4.69) is 10.3 Å². The second-order valence-electron chi connectivity index (χ2n) is 10.4. The van der Waals surface area contributed by atoms with Crippen LogP contribution in [0.15, 0.2) is 76.6 Å². The monoisotopic (exact) mass is 674 g/mol. The molecule has 10 nitrogen and oxygen atoms in total. The molecule has 1 aliphatic carbocycles. The third kappa shape index (κ3) is 6.81. The van der Waals surface area contributed by atoms with Gasteiger partial charge in [-0.1, -0.05) is 18.2 Å². The summed E-state index contributed by atoms with van der Waals surface area (Å²) in [4.78, 5) is 58.6. The van der Waals surface area contributed by atoms with Crippen molar-refractivity contribution in [3.63, 3.8) is 0 Å². The molecule has 1 atom stereocenters. The second-order valence-corrected chi connectivity index (χ2v) is 11.5. The third-order valence-electron chi connectivity index (χ3n) is 7.72. The van der Waals surface area contributed by atoms with Crippen molar-refractivity contribution in [2.45, 2.75) is 29.8 Å². The van der Waals surface area contributed by atoms with Crippen molar-refractivity contribution in [1.82, 2.24) is 10.3 Å². The molecule has 0 bridgehead atoms. The van der Waals surface area contributed by atoms with Crippen molar-refractivity contribution in [1.29, 1.82) is 0 Å². The summed E-state index contributed by atoms with van der Waals surface area (Å²) in [5.41, 5.74) is 2.76. The molecular formula is C35H31ClN2O8S. The fourth-order valence-electron chi connectivity index (χ4n) is 5.48. The molecule has 0 saturated carbocycles. The highest BCUT2D eigenvalue weighted by atomic mass is 35.5. The number of carbonyl (C=O) groups is 3. The van der Waals surface area contributed by atoms with Gasteiger partial charge < -0.3 is 24.3 Å². The van der Waals surface area contributed by atoms with Gasteiger partial charge in [0.1, 0.15) is 6.61 Å². The van der Waals surface area contributed by atoms with E-state index in [0.717, 1.165) is 5.56 Å². The quantitative estimate of drug-likeness (QED) is 0.121. The Morgan fingerprint density at radius 1 is 0.957 bits per heavy atom. The summed E-state index contributed by atoms with van der Waals surface area (Å²) in [6.07, 6.45) is 3.10. The van der Waals surface area contributed by atoms with Crippen molar-refractivity contribution >= 4 is 41.0 Å². The second kappa shape index (κ2) is 14.7. The SMILES string of the molecule is COc1cc2c(c(OC)c1OC)-c1ccc(SC)c(=O)cc1[C@@H](NC(=O)c1cccnc1COC(=O)c1cccc(CCl)c1)CC2=O. The van der Waals surface area contributed by atoms with Gasteiger partial charge in [0.15, 0.2) is 22.7 Å². The molecule has 12 heteroatoms. The maximum atomic E-state index is 13.9. The Morgan fingerprint density at radius 2 is 1.74 bits per heavy atom. The van der Waals surface area contributed by atoms with Gasteiger partial charge in [-0.15, -0.1) is 23.4 Å². The minimum Gasteiger partial charge on any atom is -0.493 e. The lowest BCUT2D eigenvalue weighted by atomic mass is 9.95. The number of alkyl halides is 1. The maximum Gasteiger partial charge on any atom is 0.338 e. The molecule has 242 valence electrons. The maximum absolute atomic E-state index is 13.9. The smallest absolute Gasteiger partial charge is 0.338 e. The lowest BCUT2D eigenvalue weighted by Gasteiger charge is -2.20. The van der Waals surface area contributed by atoms with Crippen molar-refractivity contribution in [2.75, 3.05) is 27.6 Å². The first kappa shape index (κ1) is 33.5. The predicted molar refractivity (Wildman–Crippen MR) is 178 cm³/mol. The number of amides is 1. The summed E-state index contributed by atoms with van der Waals surface area (Å²) in [5, 5.41) is 2.94. The van der Waals surface area contributed by atoms with E-state index in [0.29, 0.717) is 32.9 Å². The first-order valence-electron chi connectivity index (χ1n) is 14.4. The Kier molecular flexibility index (Phi) is 10.5. The Balaban J connectivity index is 1.54. The van der Waals surface area contributed by atoms with Crippen LogP contribution < -0.4 is 25.0 Å². The minimum absolute atomic E-state index is 0.138. The number of nitrogens with one attached hydrogen (secondary N) is 1. The molecule has 5 rings (SSSR count). The molecule has 1 amide bonds. The number of fused-ring (bicyclic) bond motifs is 3. The highest BCUT2D eigenvalue weighted by Crippen LogP contribution is 2.50. The van der Waals surface area contributed by atoms with Gasteiger partial charge in [-0.2, -0.15) is 0 Å². The Bertz CT molecular complexity index is 1930. The highest BCUT2D eigenvalue weighted by molar-refractivity contribution is 7.98. The van der Waals surface area contributed by atoms with Gasteiger partial charge in [0, 0.05) is 29.6 Å². The highest BCUT2D eigenvalue weighted by Gasteiger charge is 2.34. The number of ketones is 1. The molecule has 1 aromatic heterocycles. The number of rotatable bonds is 10. The van der Waals surface area contributed by atoms with Crippen LogP contribution in [0.3, 0.4) is 0 Å². The van der Waals surface area contributed by atoms with E-state index in [1.54, 1.807) is 60.9 Å². The number of halogens is 1. The van der Waals surface area contributed by atoms with E-state index in [-0.39, 0.29) is 58.4 Å². The lowest BCUT2D eigenvalue weighted by Crippen LogP contribution is -2.31. The van der Waals surface area contributed by atoms with Crippen LogP contribution in [0, 0.1) is 0 Å². The fraction of sp³-hybridized carbons (Fsp3) is 0.229. The van der Waals surface area contributed by atoms with Gasteiger partial charge in [-0.25, -0.2) is 4.79 Å². The van der Waals surface area contributed by atoms with Gasteiger partial charge >= 0.3 is 5.97 Å². The van der Waals surface area contributed by atoms with Crippen molar-refractivity contribution < 1.29 is 33.3 Å². The molecule has 0 saturated heterocycles. The van der Waals surface area contributed by atoms with E-state index in [4.69, 9.17) is 30.5 Å². The third-order valence-corrected chi connectivity index (χ3v) is 8.81. The van der Waals surface area contributed by atoms with Crippen molar-refractivity contribution in [3.8, 4) is 28.4 Å². The van der Waals surface area contributed by atoms with E-state index < -0.39 is 17.9 Å². The van der Waals surface area contributed by atoms with Gasteiger partial charge in [0.05, 0.1) is 49.1 Å². The number of ether oxygens (including phenoxy) is 4. The Morgan fingerprint density at radius 3 is 2.45 bits per heavy atom. The van der Waals surface area contributed by atoms with Gasteiger partial charge in [0.2, 0.25) is 5.75 Å². The summed E-state index contributed by atoms with van der Waals surface area (Å²) >= 11 is 7.18. The van der Waals surface area contributed by atoms with Crippen LogP contribution in [0.1, 0.15) is 60.4 Å². The first-order chi connectivity index (χ1) is 22.7. The minimum atomic E-state index is -0.928. The van der Waals surface area contributed by atoms with Crippen LogP contribution in [0.25, 0.3) is 11.1 Å².